The Morgan fingerprint density at radius 2 is 2.00 bits per heavy atom. The number of benzene rings is 1. The van der Waals surface area contributed by atoms with E-state index >= 15 is 0 Å². The second kappa shape index (κ2) is 7.50. The van der Waals surface area contributed by atoms with E-state index in [-0.39, 0.29) is 11.4 Å². The fraction of sp³-hybridized carbons (Fsp3) is 0.273. The van der Waals surface area contributed by atoms with E-state index in [1.165, 1.54) is 35.7 Å². The van der Waals surface area contributed by atoms with Crippen molar-refractivity contribution < 1.29 is 13.6 Å². The minimum Gasteiger partial charge on any atom is -0.436 e. The lowest BCUT2D eigenvalue weighted by Gasteiger charge is -2.16. The lowest BCUT2D eigenvalue weighted by molar-refractivity contribution is 0.0994. The van der Waals surface area contributed by atoms with E-state index in [9.17, 15) is 9.18 Å². The number of carbonyl (C=O) groups is 1. The molecule has 4 heterocycles. The highest BCUT2D eigenvalue weighted by Crippen LogP contribution is 2.25. The van der Waals surface area contributed by atoms with Gasteiger partial charge in [0.1, 0.15) is 11.5 Å². The van der Waals surface area contributed by atoms with Gasteiger partial charge in [-0.25, -0.2) is 19.0 Å². The topological polar surface area (TPSA) is 89.1 Å². The number of halogens is 1. The third kappa shape index (κ3) is 3.63. The van der Waals surface area contributed by atoms with Crippen LogP contribution in [0.1, 0.15) is 35.0 Å². The minimum atomic E-state index is -0.461. The lowest BCUT2D eigenvalue weighted by atomic mass is 10.2. The molecule has 3 aromatic heterocycles. The number of fused-ring (bicyclic) bond motifs is 1. The second-order valence-electron chi connectivity index (χ2n) is 7.64. The number of pyridine rings is 1. The Kier molecular flexibility index (Phi) is 4.65. The molecule has 158 valence electrons. The molecule has 0 spiro atoms. The molecule has 1 aliphatic heterocycles. The van der Waals surface area contributed by atoms with E-state index in [1.807, 2.05) is 6.07 Å². The molecule has 0 atom stereocenters. The Morgan fingerprint density at radius 1 is 1.19 bits per heavy atom. The molecule has 0 saturated carbocycles. The molecule has 1 fully saturated rings. The molecule has 0 bridgehead atoms. The van der Waals surface area contributed by atoms with Crippen LogP contribution >= 0.6 is 0 Å². The van der Waals surface area contributed by atoms with Gasteiger partial charge in [0.2, 0.25) is 5.76 Å². The van der Waals surface area contributed by atoms with Crippen molar-refractivity contribution in [3.05, 3.63) is 59.8 Å². The highest BCUT2D eigenvalue weighted by Gasteiger charge is 2.18. The third-order valence-electron chi connectivity index (χ3n) is 5.38. The maximum atomic E-state index is 14.6. The number of rotatable bonds is 4. The fourth-order valence-electron chi connectivity index (χ4n) is 3.87. The van der Waals surface area contributed by atoms with Crippen molar-refractivity contribution in [2.45, 2.75) is 26.7 Å². The van der Waals surface area contributed by atoms with Crippen LogP contribution in [0.25, 0.3) is 16.7 Å². The van der Waals surface area contributed by atoms with Crippen molar-refractivity contribution in [3.63, 3.8) is 0 Å². The molecule has 0 unspecified atom stereocenters. The van der Waals surface area contributed by atoms with E-state index in [4.69, 9.17) is 4.42 Å². The van der Waals surface area contributed by atoms with Crippen molar-refractivity contribution in [3.8, 4) is 5.69 Å². The zero-order valence-electron chi connectivity index (χ0n) is 17.2. The number of amides is 1. The summed E-state index contributed by atoms with van der Waals surface area (Å²) in [5, 5.41) is 7.97. The molecule has 1 amide bonds. The SMILES string of the molecule is Cc1nc(C)c(C(=O)Nc2ccc(F)c(-n3cc4cc(N5CCCC5)cnc4n3)c2)o1. The number of anilines is 2. The van der Waals surface area contributed by atoms with Crippen molar-refractivity contribution in [2.24, 2.45) is 0 Å². The molecule has 1 saturated heterocycles. The summed E-state index contributed by atoms with van der Waals surface area (Å²) in [6, 6.07) is 6.33. The maximum absolute atomic E-state index is 14.6. The number of aryl methyl sites for hydroxylation is 2. The Bertz CT molecular complexity index is 1290. The summed E-state index contributed by atoms with van der Waals surface area (Å²) in [6.45, 7) is 5.40. The number of aromatic nitrogens is 4. The average molecular weight is 420 g/mol. The van der Waals surface area contributed by atoms with Crippen LogP contribution in [0, 0.1) is 19.7 Å². The normalized spacial score (nSPS) is 13.8. The van der Waals surface area contributed by atoms with Gasteiger partial charge in [-0.2, -0.15) is 0 Å². The lowest BCUT2D eigenvalue weighted by Crippen LogP contribution is -2.17. The Labute approximate surface area is 177 Å². The van der Waals surface area contributed by atoms with E-state index in [1.54, 1.807) is 26.2 Å². The van der Waals surface area contributed by atoms with Crippen molar-refractivity contribution >= 4 is 28.3 Å². The summed E-state index contributed by atoms with van der Waals surface area (Å²) in [6.07, 6.45) is 5.90. The van der Waals surface area contributed by atoms with Gasteiger partial charge >= 0.3 is 0 Å². The average Bonchev–Trinajstić information content (AvgIpc) is 3.48. The molecular formula is C22H21FN6O2. The maximum Gasteiger partial charge on any atom is 0.293 e. The predicted molar refractivity (Wildman–Crippen MR) is 114 cm³/mol. The van der Waals surface area contributed by atoms with E-state index in [2.05, 4.69) is 25.3 Å². The highest BCUT2D eigenvalue weighted by molar-refractivity contribution is 6.03. The van der Waals surface area contributed by atoms with E-state index in [0.29, 0.717) is 22.9 Å². The number of carbonyl (C=O) groups excluding carboxylic acids is 1. The molecule has 9 heteroatoms. The van der Waals surface area contributed by atoms with Crippen molar-refractivity contribution in [2.75, 3.05) is 23.3 Å². The largest absolute Gasteiger partial charge is 0.436 e. The monoisotopic (exact) mass is 420 g/mol. The van der Waals surface area contributed by atoms with Crippen LogP contribution in [0.3, 0.4) is 0 Å². The zero-order chi connectivity index (χ0) is 21.5. The molecule has 0 radical (unpaired) electrons. The van der Waals surface area contributed by atoms with Crippen LogP contribution in [0.4, 0.5) is 15.8 Å². The summed E-state index contributed by atoms with van der Waals surface area (Å²) in [7, 11) is 0. The van der Waals surface area contributed by atoms with Crippen LogP contribution in [-0.2, 0) is 0 Å². The van der Waals surface area contributed by atoms with Crippen molar-refractivity contribution in [1.82, 2.24) is 19.7 Å². The molecule has 4 aromatic rings. The summed E-state index contributed by atoms with van der Waals surface area (Å²) < 4.78 is 21.4. The Balaban J connectivity index is 1.45. The Morgan fingerprint density at radius 3 is 2.74 bits per heavy atom. The smallest absolute Gasteiger partial charge is 0.293 e. The van der Waals surface area contributed by atoms with E-state index < -0.39 is 11.7 Å². The van der Waals surface area contributed by atoms with Gasteiger partial charge < -0.3 is 14.6 Å². The molecule has 5 rings (SSSR count). The molecule has 0 aliphatic carbocycles. The molecule has 1 aliphatic rings. The first-order valence-corrected chi connectivity index (χ1v) is 10.1. The van der Waals surface area contributed by atoms with E-state index in [0.717, 1.165) is 24.2 Å². The first-order valence-electron chi connectivity index (χ1n) is 10.1. The van der Waals surface area contributed by atoms with Gasteiger partial charge in [-0.3, -0.25) is 4.79 Å². The van der Waals surface area contributed by atoms with Gasteiger partial charge in [0, 0.05) is 37.3 Å². The predicted octanol–water partition coefficient (Wildman–Crippen LogP) is 4.02. The number of nitrogens with zero attached hydrogens (tertiary/aromatic N) is 5. The number of oxazole rings is 1. The minimum absolute atomic E-state index is 0.131. The zero-order valence-corrected chi connectivity index (χ0v) is 17.2. The van der Waals surface area contributed by atoms with Gasteiger partial charge in [0.25, 0.3) is 5.91 Å². The first kappa shape index (κ1) is 19.2. The molecule has 31 heavy (non-hydrogen) atoms. The quantitative estimate of drug-likeness (QED) is 0.537. The highest BCUT2D eigenvalue weighted by atomic mass is 19.1. The summed E-state index contributed by atoms with van der Waals surface area (Å²) in [4.78, 5) is 23.3. The molecule has 1 N–H and O–H groups in total. The van der Waals surface area contributed by atoms with Gasteiger partial charge in [0.05, 0.1) is 17.6 Å². The Hall–Kier alpha value is -3.75. The second-order valence-corrected chi connectivity index (χ2v) is 7.64. The van der Waals surface area contributed by atoms with Crippen LogP contribution in [-0.4, -0.2) is 38.7 Å². The standard InChI is InChI=1S/C22H21FN6O2/c1-13-20(31-14(2)25-13)22(30)26-16-5-6-18(23)19(10-16)29-12-15-9-17(11-24-21(15)27-29)28-7-3-4-8-28/h5-6,9-12H,3-4,7-8H2,1-2H3,(H,26,30). The van der Waals surface area contributed by atoms with Crippen LogP contribution in [0.5, 0.6) is 0 Å². The van der Waals surface area contributed by atoms with Gasteiger partial charge in [-0.1, -0.05) is 0 Å². The number of nitrogens with one attached hydrogen (secondary N) is 1. The van der Waals surface area contributed by atoms with Gasteiger partial charge in [-0.05, 0) is 44.0 Å². The van der Waals surface area contributed by atoms with Gasteiger partial charge in [-0.15, -0.1) is 5.10 Å². The van der Waals surface area contributed by atoms with Crippen LogP contribution in [0.15, 0.2) is 41.1 Å². The first-order chi connectivity index (χ1) is 15.0. The summed E-state index contributed by atoms with van der Waals surface area (Å²) in [5.74, 6) is -0.367. The molecular weight excluding hydrogens is 399 g/mol. The van der Waals surface area contributed by atoms with Gasteiger partial charge in [0.15, 0.2) is 11.5 Å². The molecule has 1 aromatic carbocycles. The van der Waals surface area contributed by atoms with Crippen molar-refractivity contribution in [1.29, 1.82) is 0 Å². The third-order valence-corrected chi connectivity index (χ3v) is 5.38. The fourth-order valence-corrected chi connectivity index (χ4v) is 3.87. The number of hydrogen-bond acceptors (Lipinski definition) is 6. The van der Waals surface area contributed by atoms with Crippen LogP contribution < -0.4 is 10.2 Å². The summed E-state index contributed by atoms with van der Waals surface area (Å²) in [5.41, 5.74) is 2.70. The number of hydrogen-bond donors (Lipinski definition) is 1. The molecule has 8 nitrogen and oxygen atoms in total. The summed E-state index contributed by atoms with van der Waals surface area (Å²) >= 11 is 0. The van der Waals surface area contributed by atoms with Crippen LogP contribution in [0.2, 0.25) is 0 Å².